The van der Waals surface area contributed by atoms with Crippen molar-refractivity contribution in [2.45, 2.75) is 25.8 Å². The highest BCUT2D eigenvalue weighted by Crippen LogP contribution is 2.23. The Morgan fingerprint density at radius 3 is 2.42 bits per heavy atom. The Morgan fingerprint density at radius 1 is 1.00 bits per heavy atom. The largest absolute Gasteiger partial charge is 0.354 e. The molecule has 1 unspecified atom stereocenters. The van der Waals surface area contributed by atoms with Gasteiger partial charge in [-0.15, -0.1) is 0 Å². The molecule has 0 aliphatic rings. The summed E-state index contributed by atoms with van der Waals surface area (Å²) in [5, 5.41) is 6.83. The van der Waals surface area contributed by atoms with E-state index in [0.29, 0.717) is 27.2 Å². The van der Waals surface area contributed by atoms with Crippen molar-refractivity contribution in [3.05, 3.63) is 68.7 Å². The molecule has 7 heteroatoms. The molecule has 0 aliphatic heterocycles. The van der Waals surface area contributed by atoms with E-state index in [1.165, 1.54) is 0 Å². The van der Waals surface area contributed by atoms with Crippen LogP contribution < -0.4 is 10.6 Å². The minimum absolute atomic E-state index is 0.250. The van der Waals surface area contributed by atoms with E-state index in [0.717, 1.165) is 18.4 Å². The third-order valence-corrected chi connectivity index (χ3v) is 4.85. The molecule has 0 fully saturated rings. The molecule has 0 radical (unpaired) electrons. The van der Waals surface area contributed by atoms with Gasteiger partial charge in [0.25, 0.3) is 5.91 Å². The summed E-state index contributed by atoms with van der Waals surface area (Å²) in [6.07, 6.45) is 1.51. The second-order valence-electron chi connectivity index (χ2n) is 5.82. The van der Waals surface area contributed by atoms with Crippen molar-refractivity contribution < 1.29 is 9.59 Å². The number of aryl methyl sites for hydroxylation is 1. The van der Waals surface area contributed by atoms with E-state index in [4.69, 9.17) is 34.8 Å². The Bertz CT molecular complexity index is 796. The maximum absolute atomic E-state index is 12.2. The molecule has 0 saturated heterocycles. The molecule has 0 saturated carbocycles. The fourth-order valence-electron chi connectivity index (χ4n) is 2.34. The first kappa shape index (κ1) is 20.6. The lowest BCUT2D eigenvalue weighted by molar-refractivity contribution is -0.122. The first-order chi connectivity index (χ1) is 12.4. The smallest absolute Gasteiger partial charge is 0.253 e. The molecule has 2 rings (SSSR count). The summed E-state index contributed by atoms with van der Waals surface area (Å²) in [5.41, 5.74) is 1.39. The van der Waals surface area contributed by atoms with E-state index in [-0.39, 0.29) is 11.8 Å². The number of benzene rings is 2. The quantitative estimate of drug-likeness (QED) is 0.656. The van der Waals surface area contributed by atoms with Gasteiger partial charge in [-0.1, -0.05) is 53.0 Å². The molecular formula is C19H19Cl3N2O2. The normalized spacial score (nSPS) is 11.7. The summed E-state index contributed by atoms with van der Waals surface area (Å²) in [7, 11) is 0. The standard InChI is InChI=1S/C19H19Cl3N2O2/c1-12(24-19(26)14-6-2-3-7-15(14)20)18(25)23-10-4-5-13-8-9-16(21)17(22)11-13/h2-3,6-9,11-12H,4-5,10H2,1H3,(H,23,25)(H,24,26). The van der Waals surface area contributed by atoms with E-state index in [9.17, 15) is 9.59 Å². The van der Waals surface area contributed by atoms with Crippen LogP contribution in [0.25, 0.3) is 0 Å². The molecule has 2 amide bonds. The van der Waals surface area contributed by atoms with E-state index >= 15 is 0 Å². The van der Waals surface area contributed by atoms with Gasteiger partial charge in [0.1, 0.15) is 6.04 Å². The van der Waals surface area contributed by atoms with Crippen LogP contribution in [0.15, 0.2) is 42.5 Å². The van der Waals surface area contributed by atoms with Gasteiger partial charge in [0, 0.05) is 6.54 Å². The molecule has 2 aromatic rings. The van der Waals surface area contributed by atoms with E-state index in [1.54, 1.807) is 37.3 Å². The first-order valence-electron chi connectivity index (χ1n) is 8.15. The summed E-state index contributed by atoms with van der Waals surface area (Å²) < 4.78 is 0. The minimum atomic E-state index is -0.663. The maximum atomic E-state index is 12.2. The molecule has 0 spiro atoms. The van der Waals surface area contributed by atoms with Crippen molar-refractivity contribution in [1.29, 1.82) is 0 Å². The summed E-state index contributed by atoms with van der Waals surface area (Å²) >= 11 is 17.8. The Hall–Kier alpha value is -1.75. The number of carbonyl (C=O) groups excluding carboxylic acids is 2. The molecule has 138 valence electrons. The molecular weight excluding hydrogens is 395 g/mol. The Labute approximate surface area is 167 Å². The number of amides is 2. The first-order valence-corrected chi connectivity index (χ1v) is 9.29. The van der Waals surface area contributed by atoms with Crippen LogP contribution in [0.2, 0.25) is 15.1 Å². The fraction of sp³-hybridized carbons (Fsp3) is 0.263. The lowest BCUT2D eigenvalue weighted by Crippen LogP contribution is -2.45. The van der Waals surface area contributed by atoms with Gasteiger partial charge in [0.2, 0.25) is 5.91 Å². The van der Waals surface area contributed by atoms with Crippen LogP contribution >= 0.6 is 34.8 Å². The van der Waals surface area contributed by atoms with Gasteiger partial charge in [0.15, 0.2) is 0 Å². The third-order valence-electron chi connectivity index (χ3n) is 3.78. The topological polar surface area (TPSA) is 58.2 Å². The number of nitrogens with one attached hydrogen (secondary N) is 2. The van der Waals surface area contributed by atoms with Crippen molar-refractivity contribution in [3.8, 4) is 0 Å². The Kier molecular flexibility index (Phi) is 7.76. The molecule has 26 heavy (non-hydrogen) atoms. The lowest BCUT2D eigenvalue weighted by Gasteiger charge is -2.14. The van der Waals surface area contributed by atoms with Gasteiger partial charge in [-0.25, -0.2) is 0 Å². The van der Waals surface area contributed by atoms with Crippen LogP contribution in [0.3, 0.4) is 0 Å². The maximum Gasteiger partial charge on any atom is 0.253 e. The second kappa shape index (κ2) is 9.81. The molecule has 4 nitrogen and oxygen atoms in total. The Balaban J connectivity index is 1.75. The molecule has 2 aromatic carbocycles. The molecule has 2 N–H and O–H groups in total. The van der Waals surface area contributed by atoms with Gasteiger partial charge < -0.3 is 10.6 Å². The van der Waals surface area contributed by atoms with Gasteiger partial charge in [-0.05, 0) is 49.6 Å². The molecule has 0 heterocycles. The van der Waals surface area contributed by atoms with Crippen molar-refractivity contribution >= 4 is 46.6 Å². The molecule has 0 aromatic heterocycles. The summed E-state index contributed by atoms with van der Waals surface area (Å²) in [5.74, 6) is -0.631. The predicted octanol–water partition coefficient (Wildman–Crippen LogP) is 4.51. The van der Waals surface area contributed by atoms with Crippen molar-refractivity contribution in [1.82, 2.24) is 10.6 Å². The monoisotopic (exact) mass is 412 g/mol. The van der Waals surface area contributed by atoms with E-state index in [2.05, 4.69) is 10.6 Å². The van der Waals surface area contributed by atoms with Crippen LogP contribution in [-0.2, 0) is 11.2 Å². The van der Waals surface area contributed by atoms with Gasteiger partial charge in [-0.2, -0.15) is 0 Å². The lowest BCUT2D eigenvalue weighted by atomic mass is 10.1. The fourth-order valence-corrected chi connectivity index (χ4v) is 2.88. The zero-order valence-electron chi connectivity index (χ0n) is 14.2. The minimum Gasteiger partial charge on any atom is -0.354 e. The van der Waals surface area contributed by atoms with Crippen LogP contribution in [0.5, 0.6) is 0 Å². The van der Waals surface area contributed by atoms with Gasteiger partial charge in [-0.3, -0.25) is 9.59 Å². The zero-order chi connectivity index (χ0) is 19.1. The average Bonchev–Trinajstić information content (AvgIpc) is 2.61. The van der Waals surface area contributed by atoms with E-state index in [1.807, 2.05) is 12.1 Å². The molecule has 1 atom stereocenters. The predicted molar refractivity (Wildman–Crippen MR) is 106 cm³/mol. The number of hydrogen-bond acceptors (Lipinski definition) is 2. The van der Waals surface area contributed by atoms with Crippen molar-refractivity contribution in [2.24, 2.45) is 0 Å². The van der Waals surface area contributed by atoms with Crippen LogP contribution in [-0.4, -0.2) is 24.4 Å². The highest BCUT2D eigenvalue weighted by molar-refractivity contribution is 6.42. The highest BCUT2D eigenvalue weighted by Gasteiger charge is 2.17. The number of rotatable bonds is 7. The highest BCUT2D eigenvalue weighted by atomic mass is 35.5. The molecule has 0 bridgehead atoms. The second-order valence-corrected chi connectivity index (χ2v) is 7.04. The van der Waals surface area contributed by atoms with Gasteiger partial charge >= 0.3 is 0 Å². The third kappa shape index (κ3) is 5.90. The van der Waals surface area contributed by atoms with Crippen molar-refractivity contribution in [2.75, 3.05) is 6.54 Å². The average molecular weight is 414 g/mol. The number of hydrogen-bond donors (Lipinski definition) is 2. The summed E-state index contributed by atoms with van der Waals surface area (Å²) in [6.45, 7) is 2.12. The van der Waals surface area contributed by atoms with Gasteiger partial charge in [0.05, 0.1) is 20.6 Å². The summed E-state index contributed by atoms with van der Waals surface area (Å²) in [4.78, 5) is 24.3. The molecule has 0 aliphatic carbocycles. The van der Waals surface area contributed by atoms with Crippen LogP contribution in [0, 0.1) is 0 Å². The summed E-state index contributed by atoms with van der Waals surface area (Å²) in [6, 6.07) is 11.5. The van der Waals surface area contributed by atoms with E-state index < -0.39 is 6.04 Å². The van der Waals surface area contributed by atoms with Crippen LogP contribution in [0.4, 0.5) is 0 Å². The van der Waals surface area contributed by atoms with Crippen LogP contribution in [0.1, 0.15) is 29.3 Å². The SMILES string of the molecule is CC(NC(=O)c1ccccc1Cl)C(=O)NCCCc1ccc(Cl)c(Cl)c1. The van der Waals surface area contributed by atoms with Crippen molar-refractivity contribution in [3.63, 3.8) is 0 Å². The number of halogens is 3. The zero-order valence-corrected chi connectivity index (χ0v) is 16.5. The Morgan fingerprint density at radius 2 is 1.73 bits per heavy atom. The number of carbonyl (C=O) groups is 2.